The standard InChI is InChI=1S/C14H28.C2H6/c1-10(2)12(5)14-8-6-13(7-9-14)11(3)4;1-2/h10-14H,6-9H2,1-5H3;1-2H3. The monoisotopic (exact) mass is 226 g/mol. The lowest BCUT2D eigenvalue weighted by Gasteiger charge is -2.35. The van der Waals surface area contributed by atoms with Gasteiger partial charge in [0.1, 0.15) is 0 Å². The minimum atomic E-state index is 0.871. The normalized spacial score (nSPS) is 27.6. The Labute approximate surface area is 104 Å². The van der Waals surface area contributed by atoms with Gasteiger partial charge in [0.15, 0.2) is 0 Å². The second-order valence-electron chi connectivity index (χ2n) is 6.02. The molecule has 0 aromatic carbocycles. The van der Waals surface area contributed by atoms with Gasteiger partial charge in [-0.15, -0.1) is 0 Å². The predicted octanol–water partition coefficient (Wildman–Crippen LogP) is 5.77. The summed E-state index contributed by atoms with van der Waals surface area (Å²) in [7, 11) is 0. The summed E-state index contributed by atoms with van der Waals surface area (Å²) in [6, 6.07) is 0. The van der Waals surface area contributed by atoms with Crippen LogP contribution in [0.4, 0.5) is 0 Å². The van der Waals surface area contributed by atoms with E-state index in [-0.39, 0.29) is 0 Å². The second-order valence-corrected chi connectivity index (χ2v) is 6.02. The van der Waals surface area contributed by atoms with Crippen molar-refractivity contribution in [3.63, 3.8) is 0 Å². The van der Waals surface area contributed by atoms with Crippen LogP contribution in [0.15, 0.2) is 0 Å². The van der Waals surface area contributed by atoms with E-state index in [0.29, 0.717) is 0 Å². The molecule has 1 unspecified atom stereocenters. The van der Waals surface area contributed by atoms with Crippen molar-refractivity contribution in [2.45, 2.75) is 74.1 Å². The van der Waals surface area contributed by atoms with Gasteiger partial charge in [0.2, 0.25) is 0 Å². The molecule has 0 spiro atoms. The van der Waals surface area contributed by atoms with Crippen LogP contribution in [0.3, 0.4) is 0 Å². The Morgan fingerprint density at radius 3 is 1.38 bits per heavy atom. The van der Waals surface area contributed by atoms with Crippen LogP contribution in [0.1, 0.15) is 74.1 Å². The highest BCUT2D eigenvalue weighted by atomic mass is 14.3. The van der Waals surface area contributed by atoms with Gasteiger partial charge in [0, 0.05) is 0 Å². The molecule has 0 heteroatoms. The van der Waals surface area contributed by atoms with Crippen LogP contribution in [0.5, 0.6) is 0 Å². The third-order valence-electron chi connectivity index (χ3n) is 4.55. The quantitative estimate of drug-likeness (QED) is 0.573. The molecule has 0 saturated heterocycles. The van der Waals surface area contributed by atoms with Crippen LogP contribution in [0.2, 0.25) is 0 Å². The molecule has 0 heterocycles. The maximum Gasteiger partial charge on any atom is -0.0386 e. The first-order valence-electron chi connectivity index (χ1n) is 7.52. The zero-order valence-electron chi connectivity index (χ0n) is 12.7. The fraction of sp³-hybridized carbons (Fsp3) is 1.00. The number of hydrogen-bond donors (Lipinski definition) is 0. The minimum Gasteiger partial charge on any atom is -0.0683 e. The molecule has 0 N–H and O–H groups in total. The summed E-state index contributed by atoms with van der Waals surface area (Å²) in [6.45, 7) is 16.0. The van der Waals surface area contributed by atoms with Gasteiger partial charge in [-0.25, -0.2) is 0 Å². The molecular weight excluding hydrogens is 192 g/mol. The van der Waals surface area contributed by atoms with Crippen LogP contribution in [-0.2, 0) is 0 Å². The first kappa shape index (κ1) is 16.0. The Morgan fingerprint density at radius 2 is 1.06 bits per heavy atom. The zero-order valence-corrected chi connectivity index (χ0v) is 12.7. The highest BCUT2D eigenvalue weighted by Gasteiger charge is 2.27. The second kappa shape index (κ2) is 8.14. The third-order valence-corrected chi connectivity index (χ3v) is 4.55. The molecule has 0 bridgehead atoms. The van der Waals surface area contributed by atoms with Crippen LogP contribution in [0, 0.1) is 29.6 Å². The molecule has 0 aliphatic heterocycles. The summed E-state index contributed by atoms with van der Waals surface area (Å²) in [5, 5.41) is 0. The number of hydrogen-bond acceptors (Lipinski definition) is 0. The van der Waals surface area contributed by atoms with E-state index in [4.69, 9.17) is 0 Å². The molecule has 0 aromatic rings. The molecule has 0 aromatic heterocycles. The van der Waals surface area contributed by atoms with E-state index in [1.165, 1.54) is 25.7 Å². The summed E-state index contributed by atoms with van der Waals surface area (Å²) in [6.07, 6.45) is 5.95. The van der Waals surface area contributed by atoms with Gasteiger partial charge in [0.25, 0.3) is 0 Å². The SMILES string of the molecule is CC.CC(C)C1CCC(C(C)C(C)C)CC1. The molecule has 1 aliphatic rings. The first-order valence-corrected chi connectivity index (χ1v) is 7.52. The largest absolute Gasteiger partial charge is 0.0683 e. The van der Waals surface area contributed by atoms with Gasteiger partial charge >= 0.3 is 0 Å². The van der Waals surface area contributed by atoms with E-state index in [2.05, 4.69) is 34.6 Å². The van der Waals surface area contributed by atoms with Crippen molar-refractivity contribution in [3.8, 4) is 0 Å². The van der Waals surface area contributed by atoms with Gasteiger partial charge in [-0.1, -0.05) is 48.5 Å². The van der Waals surface area contributed by atoms with Crippen molar-refractivity contribution in [1.82, 2.24) is 0 Å². The third kappa shape index (κ3) is 4.89. The van der Waals surface area contributed by atoms with Crippen molar-refractivity contribution in [2.24, 2.45) is 29.6 Å². The van der Waals surface area contributed by atoms with Crippen molar-refractivity contribution >= 4 is 0 Å². The lowest BCUT2D eigenvalue weighted by Crippen LogP contribution is -2.25. The summed E-state index contributed by atoms with van der Waals surface area (Å²) < 4.78 is 0. The lowest BCUT2D eigenvalue weighted by atomic mass is 9.71. The number of rotatable bonds is 3. The molecule has 1 saturated carbocycles. The van der Waals surface area contributed by atoms with Crippen LogP contribution in [-0.4, -0.2) is 0 Å². The summed E-state index contributed by atoms with van der Waals surface area (Å²) in [4.78, 5) is 0. The van der Waals surface area contributed by atoms with E-state index in [1.807, 2.05) is 13.8 Å². The first-order chi connectivity index (χ1) is 7.52. The van der Waals surface area contributed by atoms with E-state index >= 15 is 0 Å². The Kier molecular flexibility index (Phi) is 8.14. The average Bonchev–Trinajstić information content (AvgIpc) is 2.30. The molecule has 16 heavy (non-hydrogen) atoms. The van der Waals surface area contributed by atoms with Gasteiger partial charge in [-0.2, -0.15) is 0 Å². The van der Waals surface area contributed by atoms with Gasteiger partial charge < -0.3 is 0 Å². The highest BCUT2D eigenvalue weighted by molar-refractivity contribution is 4.78. The van der Waals surface area contributed by atoms with Gasteiger partial charge in [0.05, 0.1) is 0 Å². The average molecular weight is 226 g/mol. The zero-order chi connectivity index (χ0) is 12.7. The fourth-order valence-corrected chi connectivity index (χ4v) is 2.88. The molecule has 98 valence electrons. The molecule has 1 rings (SSSR count). The van der Waals surface area contributed by atoms with Gasteiger partial charge in [-0.05, 0) is 55.3 Å². The predicted molar refractivity (Wildman–Crippen MR) is 75.6 cm³/mol. The minimum absolute atomic E-state index is 0.871. The van der Waals surface area contributed by atoms with Crippen molar-refractivity contribution in [1.29, 1.82) is 0 Å². The highest BCUT2D eigenvalue weighted by Crippen LogP contribution is 2.38. The fourth-order valence-electron chi connectivity index (χ4n) is 2.88. The Hall–Kier alpha value is 0. The molecule has 0 nitrogen and oxygen atoms in total. The summed E-state index contributed by atoms with van der Waals surface area (Å²) in [5.41, 5.74) is 0. The van der Waals surface area contributed by atoms with E-state index in [0.717, 1.165) is 29.6 Å². The maximum atomic E-state index is 2.45. The molecule has 0 radical (unpaired) electrons. The molecule has 1 atom stereocenters. The molecular formula is C16H34. The van der Waals surface area contributed by atoms with E-state index < -0.39 is 0 Å². The van der Waals surface area contributed by atoms with Crippen molar-refractivity contribution in [3.05, 3.63) is 0 Å². The molecule has 1 fully saturated rings. The summed E-state index contributed by atoms with van der Waals surface area (Å²) >= 11 is 0. The van der Waals surface area contributed by atoms with Crippen LogP contribution >= 0.6 is 0 Å². The van der Waals surface area contributed by atoms with E-state index in [1.54, 1.807) is 0 Å². The summed E-state index contributed by atoms with van der Waals surface area (Å²) in [5.74, 6) is 4.75. The smallest absolute Gasteiger partial charge is 0.0386 e. The Balaban J connectivity index is 0.00000106. The van der Waals surface area contributed by atoms with Crippen molar-refractivity contribution in [2.75, 3.05) is 0 Å². The topological polar surface area (TPSA) is 0 Å². The van der Waals surface area contributed by atoms with Crippen LogP contribution < -0.4 is 0 Å². The maximum absolute atomic E-state index is 2.45. The van der Waals surface area contributed by atoms with Gasteiger partial charge in [-0.3, -0.25) is 0 Å². The molecule has 1 aliphatic carbocycles. The lowest BCUT2D eigenvalue weighted by molar-refractivity contribution is 0.157. The van der Waals surface area contributed by atoms with E-state index in [9.17, 15) is 0 Å². The Morgan fingerprint density at radius 1 is 0.688 bits per heavy atom. The van der Waals surface area contributed by atoms with Crippen LogP contribution in [0.25, 0.3) is 0 Å². The molecule has 0 amide bonds. The van der Waals surface area contributed by atoms with Crippen molar-refractivity contribution < 1.29 is 0 Å². The Bertz CT molecular complexity index is 149.